The fourth-order valence-electron chi connectivity index (χ4n) is 2.24. The maximum atomic E-state index is 5.54. The molecule has 17 heavy (non-hydrogen) atoms. The van der Waals surface area contributed by atoms with Crippen LogP contribution in [-0.2, 0) is 6.54 Å². The van der Waals surface area contributed by atoms with Crippen molar-refractivity contribution in [2.24, 2.45) is 5.92 Å². The van der Waals surface area contributed by atoms with Gasteiger partial charge in [0, 0.05) is 6.54 Å². The number of rotatable bonds is 4. The molecule has 2 rings (SSSR count). The Morgan fingerprint density at radius 2 is 2.00 bits per heavy atom. The maximum absolute atomic E-state index is 5.54. The number of nitrogen functional groups attached to an aromatic ring is 2. The van der Waals surface area contributed by atoms with Gasteiger partial charge in [-0.2, -0.15) is 15.0 Å². The molecule has 0 aliphatic carbocycles. The minimum atomic E-state index is 0.193. The Bertz CT molecular complexity index is 361. The number of anilines is 2. The lowest BCUT2D eigenvalue weighted by Crippen LogP contribution is -2.25. The van der Waals surface area contributed by atoms with Gasteiger partial charge in [-0.25, -0.2) is 0 Å². The molecule has 0 aromatic carbocycles. The van der Waals surface area contributed by atoms with E-state index in [-0.39, 0.29) is 11.9 Å². The first kappa shape index (κ1) is 12.0. The highest BCUT2D eigenvalue weighted by atomic mass is 15.2. The monoisotopic (exact) mass is 237 g/mol. The van der Waals surface area contributed by atoms with Gasteiger partial charge in [0.15, 0.2) is 0 Å². The van der Waals surface area contributed by atoms with Crippen molar-refractivity contribution in [3.05, 3.63) is 5.82 Å². The van der Waals surface area contributed by atoms with Gasteiger partial charge in [0.2, 0.25) is 11.9 Å². The average Bonchev–Trinajstić information content (AvgIpc) is 2.64. The van der Waals surface area contributed by atoms with Gasteiger partial charge in [-0.05, 0) is 32.5 Å². The highest BCUT2D eigenvalue weighted by molar-refractivity contribution is 5.25. The standard InChI is InChI=1S/C10H19N7/c1-13-4-7-2-3-17(5-7)6-8-14-9(11)16-10(12)15-8/h7,13H,2-6H2,1H3,(H4,11,12,14,15,16). The molecule has 0 spiro atoms. The van der Waals surface area contributed by atoms with E-state index in [1.165, 1.54) is 6.42 Å². The molecule has 0 amide bonds. The van der Waals surface area contributed by atoms with Crippen LogP contribution in [0.1, 0.15) is 12.2 Å². The van der Waals surface area contributed by atoms with E-state index < -0.39 is 0 Å². The Labute approximate surface area is 101 Å². The predicted octanol–water partition coefficient (Wildman–Crippen LogP) is -0.923. The highest BCUT2D eigenvalue weighted by Crippen LogP contribution is 2.17. The number of likely N-dealkylation sites (tertiary alicyclic amines) is 1. The lowest BCUT2D eigenvalue weighted by molar-refractivity contribution is 0.307. The van der Waals surface area contributed by atoms with Crippen molar-refractivity contribution < 1.29 is 0 Å². The summed E-state index contributed by atoms with van der Waals surface area (Å²) in [5.41, 5.74) is 11.1. The predicted molar refractivity (Wildman–Crippen MR) is 66.0 cm³/mol. The Morgan fingerprint density at radius 3 is 2.65 bits per heavy atom. The molecule has 1 fully saturated rings. The number of nitrogens with zero attached hydrogens (tertiary/aromatic N) is 4. The molecule has 1 aromatic heterocycles. The first-order valence-corrected chi connectivity index (χ1v) is 5.80. The van der Waals surface area contributed by atoms with Gasteiger partial charge in [0.05, 0.1) is 6.54 Å². The second kappa shape index (κ2) is 5.24. The quantitative estimate of drug-likeness (QED) is 0.621. The summed E-state index contributed by atoms with van der Waals surface area (Å²) in [4.78, 5) is 14.2. The van der Waals surface area contributed by atoms with E-state index in [0.29, 0.717) is 18.3 Å². The molecule has 94 valence electrons. The molecule has 1 unspecified atom stereocenters. The van der Waals surface area contributed by atoms with Crippen molar-refractivity contribution in [1.29, 1.82) is 0 Å². The van der Waals surface area contributed by atoms with Crippen molar-refractivity contribution in [2.75, 3.05) is 38.1 Å². The third-order valence-corrected chi connectivity index (χ3v) is 2.94. The third kappa shape index (κ3) is 3.24. The second-order valence-corrected chi connectivity index (χ2v) is 4.42. The molecule has 1 saturated heterocycles. The number of aromatic nitrogens is 3. The average molecular weight is 237 g/mol. The van der Waals surface area contributed by atoms with Gasteiger partial charge in [-0.1, -0.05) is 0 Å². The zero-order chi connectivity index (χ0) is 12.3. The first-order chi connectivity index (χ1) is 8.17. The van der Waals surface area contributed by atoms with Crippen molar-refractivity contribution in [2.45, 2.75) is 13.0 Å². The topological polar surface area (TPSA) is 106 Å². The third-order valence-electron chi connectivity index (χ3n) is 2.94. The Kier molecular flexibility index (Phi) is 3.70. The molecule has 0 saturated carbocycles. The van der Waals surface area contributed by atoms with E-state index in [9.17, 15) is 0 Å². The van der Waals surface area contributed by atoms with Crippen LogP contribution in [0.3, 0.4) is 0 Å². The molecule has 7 heteroatoms. The van der Waals surface area contributed by atoms with Crippen LogP contribution < -0.4 is 16.8 Å². The Balaban J connectivity index is 1.93. The van der Waals surface area contributed by atoms with Gasteiger partial charge < -0.3 is 16.8 Å². The summed E-state index contributed by atoms with van der Waals surface area (Å²) >= 11 is 0. The highest BCUT2D eigenvalue weighted by Gasteiger charge is 2.22. The van der Waals surface area contributed by atoms with Crippen molar-refractivity contribution in [3.63, 3.8) is 0 Å². The SMILES string of the molecule is CNCC1CCN(Cc2nc(N)nc(N)n2)C1. The van der Waals surface area contributed by atoms with E-state index in [1.807, 2.05) is 7.05 Å². The van der Waals surface area contributed by atoms with E-state index in [1.54, 1.807) is 0 Å². The molecule has 1 aliphatic rings. The van der Waals surface area contributed by atoms with Crippen molar-refractivity contribution in [1.82, 2.24) is 25.2 Å². The zero-order valence-electron chi connectivity index (χ0n) is 10.1. The summed E-state index contributed by atoms with van der Waals surface area (Å²) in [6.07, 6.45) is 1.21. The van der Waals surface area contributed by atoms with Crippen LogP contribution in [0.4, 0.5) is 11.9 Å². The normalized spacial score (nSPS) is 20.9. The van der Waals surface area contributed by atoms with Crippen molar-refractivity contribution >= 4 is 11.9 Å². The summed E-state index contributed by atoms with van der Waals surface area (Å²) in [6, 6.07) is 0. The summed E-state index contributed by atoms with van der Waals surface area (Å²) in [7, 11) is 1.98. The molecule has 1 atom stereocenters. The van der Waals surface area contributed by atoms with Crippen LogP contribution in [-0.4, -0.2) is 46.5 Å². The smallest absolute Gasteiger partial charge is 0.225 e. The van der Waals surface area contributed by atoms with E-state index in [0.717, 1.165) is 19.6 Å². The fraction of sp³-hybridized carbons (Fsp3) is 0.700. The molecule has 2 heterocycles. The summed E-state index contributed by atoms with van der Waals surface area (Å²) in [5, 5.41) is 3.20. The van der Waals surface area contributed by atoms with Gasteiger partial charge in [0.25, 0.3) is 0 Å². The molecular formula is C10H19N7. The lowest BCUT2D eigenvalue weighted by Gasteiger charge is -2.14. The number of nitrogens with two attached hydrogens (primary N) is 2. The molecule has 0 radical (unpaired) electrons. The maximum Gasteiger partial charge on any atom is 0.225 e. The van der Waals surface area contributed by atoms with Crippen LogP contribution >= 0.6 is 0 Å². The Hall–Kier alpha value is -1.47. The van der Waals surface area contributed by atoms with Gasteiger partial charge in [0.1, 0.15) is 5.82 Å². The number of nitrogens with one attached hydrogen (secondary N) is 1. The van der Waals surface area contributed by atoms with Gasteiger partial charge in [-0.15, -0.1) is 0 Å². The molecular weight excluding hydrogens is 218 g/mol. The summed E-state index contributed by atoms with van der Waals surface area (Å²) in [6.45, 7) is 3.87. The van der Waals surface area contributed by atoms with Crippen LogP contribution in [0.2, 0.25) is 0 Å². The molecule has 5 N–H and O–H groups in total. The second-order valence-electron chi connectivity index (χ2n) is 4.42. The Morgan fingerprint density at radius 1 is 1.29 bits per heavy atom. The van der Waals surface area contributed by atoms with Crippen LogP contribution in [0.5, 0.6) is 0 Å². The van der Waals surface area contributed by atoms with Crippen molar-refractivity contribution in [3.8, 4) is 0 Å². The molecule has 0 bridgehead atoms. The molecule has 7 nitrogen and oxygen atoms in total. The summed E-state index contributed by atoms with van der Waals surface area (Å²) < 4.78 is 0. The molecule has 1 aliphatic heterocycles. The van der Waals surface area contributed by atoms with Crippen LogP contribution in [0, 0.1) is 5.92 Å². The van der Waals surface area contributed by atoms with Gasteiger partial charge in [-0.3, -0.25) is 4.90 Å². The lowest BCUT2D eigenvalue weighted by atomic mass is 10.1. The van der Waals surface area contributed by atoms with E-state index in [4.69, 9.17) is 11.5 Å². The van der Waals surface area contributed by atoms with Crippen LogP contribution in [0.15, 0.2) is 0 Å². The summed E-state index contributed by atoms with van der Waals surface area (Å²) in [5.74, 6) is 1.74. The van der Waals surface area contributed by atoms with E-state index in [2.05, 4.69) is 25.2 Å². The van der Waals surface area contributed by atoms with E-state index >= 15 is 0 Å². The largest absolute Gasteiger partial charge is 0.368 e. The fourth-order valence-corrected chi connectivity index (χ4v) is 2.24. The minimum Gasteiger partial charge on any atom is -0.368 e. The number of hydrogen-bond donors (Lipinski definition) is 3. The molecule has 1 aromatic rings. The van der Waals surface area contributed by atoms with Crippen LogP contribution in [0.25, 0.3) is 0 Å². The van der Waals surface area contributed by atoms with Gasteiger partial charge >= 0.3 is 0 Å². The zero-order valence-corrected chi connectivity index (χ0v) is 10.1. The number of hydrogen-bond acceptors (Lipinski definition) is 7. The first-order valence-electron chi connectivity index (χ1n) is 5.80. The minimum absolute atomic E-state index is 0.193.